The molecule has 0 spiro atoms. The molecule has 3 aromatic rings. The van der Waals surface area contributed by atoms with Crippen LogP contribution in [-0.2, 0) is 0 Å². The molecule has 170 valence electrons. The lowest BCUT2D eigenvalue weighted by Gasteiger charge is -2.33. The Morgan fingerprint density at radius 2 is 2.09 bits per heavy atom. The molecule has 4 rings (SSSR count). The monoisotopic (exact) mass is 530 g/mol. The zero-order chi connectivity index (χ0) is 23.0. The van der Waals surface area contributed by atoms with Gasteiger partial charge in [-0.15, -0.1) is 11.3 Å². The number of rotatable bonds is 5. The summed E-state index contributed by atoms with van der Waals surface area (Å²) < 4.78 is 53.0. The van der Waals surface area contributed by atoms with Gasteiger partial charge in [0.15, 0.2) is 11.7 Å². The highest BCUT2D eigenvalue weighted by atomic mass is 79.9. The van der Waals surface area contributed by atoms with E-state index in [0.29, 0.717) is 17.2 Å². The minimum Gasteiger partial charge on any atom is -0.497 e. The third-order valence-corrected chi connectivity index (χ3v) is 6.79. The Labute approximate surface area is 193 Å². The fourth-order valence-electron chi connectivity index (χ4n) is 3.49. The molecule has 0 unspecified atom stereocenters. The van der Waals surface area contributed by atoms with E-state index in [1.807, 2.05) is 5.38 Å². The van der Waals surface area contributed by atoms with E-state index >= 15 is 0 Å². The molecule has 3 heterocycles. The summed E-state index contributed by atoms with van der Waals surface area (Å²) in [6.07, 6.45) is -4.77. The van der Waals surface area contributed by atoms with Crippen molar-refractivity contribution in [1.29, 1.82) is 0 Å². The fraction of sp³-hybridized carbons (Fsp3) is 0.300. The summed E-state index contributed by atoms with van der Waals surface area (Å²) in [7, 11) is 2.92. The van der Waals surface area contributed by atoms with Gasteiger partial charge >= 0.3 is 6.18 Å². The van der Waals surface area contributed by atoms with Gasteiger partial charge in [0, 0.05) is 17.4 Å². The quantitative estimate of drug-likeness (QED) is 0.446. The number of carbonyl (C=O) groups is 1. The van der Waals surface area contributed by atoms with Crippen LogP contribution < -0.4 is 20.1 Å². The highest BCUT2D eigenvalue weighted by Gasteiger charge is 2.48. The molecule has 7 nitrogen and oxygen atoms in total. The lowest BCUT2D eigenvalue weighted by Crippen LogP contribution is -2.35. The van der Waals surface area contributed by atoms with E-state index in [4.69, 9.17) is 9.47 Å². The Morgan fingerprint density at radius 1 is 1.31 bits per heavy atom. The summed E-state index contributed by atoms with van der Waals surface area (Å²) in [6.45, 7) is 0. The largest absolute Gasteiger partial charge is 0.497 e. The Kier molecular flexibility index (Phi) is 6.08. The molecule has 0 fully saturated rings. The van der Waals surface area contributed by atoms with Gasteiger partial charge < -0.3 is 20.1 Å². The number of methoxy groups -OCH3 is 2. The number of benzene rings is 1. The Bertz CT molecular complexity index is 1130. The average Bonchev–Trinajstić information content (AvgIpc) is 3.41. The van der Waals surface area contributed by atoms with Crippen molar-refractivity contribution < 1.29 is 27.4 Å². The van der Waals surface area contributed by atoms with Crippen LogP contribution in [0.15, 0.2) is 40.2 Å². The highest BCUT2D eigenvalue weighted by molar-refractivity contribution is 9.10. The first-order chi connectivity index (χ1) is 15.2. The van der Waals surface area contributed by atoms with Crippen molar-refractivity contribution >= 4 is 44.7 Å². The van der Waals surface area contributed by atoms with Gasteiger partial charge in [-0.1, -0.05) is 6.07 Å². The number of hydrogen-bond acceptors (Lipinski definition) is 6. The number of aromatic nitrogens is 2. The van der Waals surface area contributed by atoms with E-state index < -0.39 is 24.2 Å². The van der Waals surface area contributed by atoms with Crippen molar-refractivity contribution in [3.8, 4) is 11.5 Å². The maximum absolute atomic E-state index is 13.9. The molecule has 0 saturated carbocycles. The van der Waals surface area contributed by atoms with Crippen LogP contribution in [0.4, 0.5) is 24.7 Å². The highest BCUT2D eigenvalue weighted by Crippen LogP contribution is 2.47. The first-order valence-corrected chi connectivity index (χ1v) is 11.1. The number of halogens is 4. The molecule has 0 bridgehead atoms. The lowest BCUT2D eigenvalue weighted by atomic mass is 10.0. The van der Waals surface area contributed by atoms with Gasteiger partial charge in [0.05, 0.1) is 30.4 Å². The minimum absolute atomic E-state index is 0.101. The van der Waals surface area contributed by atoms with E-state index in [1.54, 1.807) is 30.3 Å². The summed E-state index contributed by atoms with van der Waals surface area (Å²) in [4.78, 5) is 13.7. The SMILES string of the molecule is COc1ccc(NC(=O)c2nn3c(c2Br)N[C@H](c2cccs2)C[C@H]3C(F)(F)F)c(OC)c1. The van der Waals surface area contributed by atoms with Gasteiger partial charge in [0.2, 0.25) is 0 Å². The van der Waals surface area contributed by atoms with Gasteiger partial charge in [0.1, 0.15) is 17.3 Å². The molecule has 1 aromatic carbocycles. The van der Waals surface area contributed by atoms with Crippen LogP contribution in [0, 0.1) is 0 Å². The first-order valence-electron chi connectivity index (χ1n) is 9.41. The van der Waals surface area contributed by atoms with Crippen molar-refractivity contribution in [2.45, 2.75) is 24.7 Å². The number of thiophene rings is 1. The molecule has 32 heavy (non-hydrogen) atoms. The molecule has 0 radical (unpaired) electrons. The zero-order valence-electron chi connectivity index (χ0n) is 16.9. The van der Waals surface area contributed by atoms with Crippen LogP contribution >= 0.6 is 27.3 Å². The first kappa shape index (κ1) is 22.5. The predicted octanol–water partition coefficient (Wildman–Crippen LogP) is 5.64. The molecule has 0 saturated heterocycles. The molecule has 2 aromatic heterocycles. The Balaban J connectivity index is 1.68. The van der Waals surface area contributed by atoms with Crippen LogP contribution in [0.1, 0.15) is 33.9 Å². The number of fused-ring (bicyclic) bond motifs is 1. The van der Waals surface area contributed by atoms with E-state index in [1.165, 1.54) is 25.6 Å². The van der Waals surface area contributed by atoms with Crippen LogP contribution in [0.5, 0.6) is 11.5 Å². The third-order valence-electron chi connectivity index (χ3n) is 5.05. The summed E-state index contributed by atoms with van der Waals surface area (Å²) in [6, 6.07) is 5.90. The number of amides is 1. The van der Waals surface area contributed by atoms with Crippen molar-refractivity contribution in [3.63, 3.8) is 0 Å². The number of carbonyl (C=O) groups excluding carboxylic acids is 1. The van der Waals surface area contributed by atoms with Crippen molar-refractivity contribution in [2.75, 3.05) is 24.9 Å². The van der Waals surface area contributed by atoms with Crippen molar-refractivity contribution in [1.82, 2.24) is 9.78 Å². The van der Waals surface area contributed by atoms with E-state index in [0.717, 1.165) is 9.56 Å². The molecular formula is C20H18BrF3N4O3S. The number of alkyl halides is 3. The van der Waals surface area contributed by atoms with E-state index in [2.05, 4.69) is 31.7 Å². The summed E-state index contributed by atoms with van der Waals surface area (Å²) >= 11 is 4.64. The van der Waals surface area contributed by atoms with Crippen molar-refractivity contribution in [3.05, 3.63) is 50.8 Å². The number of anilines is 2. The molecule has 2 N–H and O–H groups in total. The Morgan fingerprint density at radius 3 is 2.72 bits per heavy atom. The predicted molar refractivity (Wildman–Crippen MR) is 118 cm³/mol. The maximum atomic E-state index is 13.9. The standard InChI is InChI=1S/C20H18BrF3N4O3S/c1-30-10-5-6-11(13(8-10)31-2)26-19(29)17-16(21)18-25-12(14-4-3-7-32-14)9-15(20(22,23)24)28(18)27-17/h3-8,12,15,25H,9H2,1-2H3,(H,26,29)/t12-,15-/m0/s1. The molecule has 12 heteroatoms. The molecule has 2 atom stereocenters. The summed E-state index contributed by atoms with van der Waals surface area (Å²) in [5.74, 6) is 0.277. The van der Waals surface area contributed by atoms with Crippen LogP contribution in [0.2, 0.25) is 0 Å². The second kappa shape index (κ2) is 8.66. The van der Waals surface area contributed by atoms with Gasteiger partial charge in [0.25, 0.3) is 5.91 Å². The van der Waals surface area contributed by atoms with Gasteiger partial charge in [-0.3, -0.25) is 4.79 Å². The number of nitrogens with one attached hydrogen (secondary N) is 2. The van der Waals surface area contributed by atoms with Crippen LogP contribution in [-0.4, -0.2) is 36.1 Å². The second-order valence-corrected chi connectivity index (χ2v) is 8.75. The smallest absolute Gasteiger partial charge is 0.410 e. The van der Waals surface area contributed by atoms with Gasteiger partial charge in [-0.2, -0.15) is 18.3 Å². The number of ether oxygens (including phenoxy) is 2. The maximum Gasteiger partial charge on any atom is 0.410 e. The van der Waals surface area contributed by atoms with Crippen molar-refractivity contribution in [2.24, 2.45) is 0 Å². The molecule has 1 aliphatic heterocycles. The second-order valence-electron chi connectivity index (χ2n) is 6.98. The number of nitrogens with zero attached hydrogens (tertiary/aromatic N) is 2. The third kappa shape index (κ3) is 4.16. The topological polar surface area (TPSA) is 77.4 Å². The minimum atomic E-state index is -4.54. The van der Waals surface area contributed by atoms with Crippen LogP contribution in [0.25, 0.3) is 0 Å². The molecule has 0 aliphatic carbocycles. The van der Waals surface area contributed by atoms with Crippen LogP contribution in [0.3, 0.4) is 0 Å². The molecule has 1 aliphatic rings. The lowest BCUT2D eigenvalue weighted by molar-refractivity contribution is -0.173. The van der Waals surface area contributed by atoms with Gasteiger partial charge in [-0.25, -0.2) is 4.68 Å². The normalized spacial score (nSPS) is 17.9. The number of hydrogen-bond donors (Lipinski definition) is 2. The van der Waals surface area contributed by atoms with Gasteiger partial charge in [-0.05, 0) is 39.5 Å². The van der Waals surface area contributed by atoms with E-state index in [9.17, 15) is 18.0 Å². The van der Waals surface area contributed by atoms with E-state index in [-0.39, 0.29) is 22.4 Å². The summed E-state index contributed by atoms with van der Waals surface area (Å²) in [5.41, 5.74) is 0.152. The average molecular weight is 531 g/mol. The summed E-state index contributed by atoms with van der Waals surface area (Å²) in [5, 5.41) is 11.5. The zero-order valence-corrected chi connectivity index (χ0v) is 19.3. The molecular weight excluding hydrogens is 513 g/mol. The molecule has 1 amide bonds. The Hall–Kier alpha value is -2.73. The fourth-order valence-corrected chi connectivity index (χ4v) is 4.84.